The van der Waals surface area contributed by atoms with E-state index in [1.54, 1.807) is 0 Å². The summed E-state index contributed by atoms with van der Waals surface area (Å²) in [5.41, 5.74) is 5.40. The zero-order chi connectivity index (χ0) is 11.7. The number of carbonyl (C=O) groups is 1. The molecule has 1 aliphatic heterocycles. The van der Waals surface area contributed by atoms with Gasteiger partial charge in [0.05, 0.1) is 12.5 Å². The zero-order valence-corrected chi connectivity index (χ0v) is 10.2. The van der Waals surface area contributed by atoms with Crippen LogP contribution in [0.25, 0.3) is 0 Å². The van der Waals surface area contributed by atoms with Crippen LogP contribution in [0.5, 0.6) is 0 Å². The molecule has 0 saturated carbocycles. The van der Waals surface area contributed by atoms with Gasteiger partial charge >= 0.3 is 5.97 Å². The van der Waals surface area contributed by atoms with Gasteiger partial charge in [-0.05, 0) is 33.7 Å². The monoisotopic (exact) mass is 214 g/mol. The molecule has 88 valence electrons. The summed E-state index contributed by atoms with van der Waals surface area (Å²) in [6.07, 6.45) is 0.857. The lowest BCUT2D eigenvalue weighted by Crippen LogP contribution is -2.45. The molecule has 1 heterocycles. The predicted molar refractivity (Wildman–Crippen MR) is 59.4 cm³/mol. The zero-order valence-electron chi connectivity index (χ0n) is 10.2. The Morgan fingerprint density at radius 2 is 2.20 bits per heavy atom. The highest BCUT2D eigenvalue weighted by Gasteiger charge is 2.41. The Morgan fingerprint density at radius 1 is 1.60 bits per heavy atom. The number of nitrogens with zero attached hydrogens (tertiary/aromatic N) is 1. The third-order valence-corrected chi connectivity index (χ3v) is 2.86. The fraction of sp³-hybridized carbons (Fsp3) is 0.909. The van der Waals surface area contributed by atoms with E-state index in [0.717, 1.165) is 26.1 Å². The molecule has 1 fully saturated rings. The van der Waals surface area contributed by atoms with Crippen LogP contribution in [0.4, 0.5) is 0 Å². The van der Waals surface area contributed by atoms with Gasteiger partial charge in [0.15, 0.2) is 0 Å². The van der Waals surface area contributed by atoms with Crippen LogP contribution in [0.15, 0.2) is 0 Å². The quantitative estimate of drug-likeness (QED) is 0.699. The van der Waals surface area contributed by atoms with Crippen molar-refractivity contribution >= 4 is 5.97 Å². The maximum absolute atomic E-state index is 11.6. The van der Waals surface area contributed by atoms with Crippen molar-refractivity contribution < 1.29 is 9.53 Å². The molecule has 0 aromatic rings. The van der Waals surface area contributed by atoms with Gasteiger partial charge in [0, 0.05) is 18.6 Å². The summed E-state index contributed by atoms with van der Waals surface area (Å²) in [6.45, 7) is 8.45. The first-order chi connectivity index (χ1) is 6.77. The number of rotatable bonds is 3. The largest absolute Gasteiger partial charge is 0.469 e. The van der Waals surface area contributed by atoms with E-state index in [9.17, 15) is 4.79 Å². The van der Waals surface area contributed by atoms with Gasteiger partial charge in [0.2, 0.25) is 0 Å². The van der Waals surface area contributed by atoms with Gasteiger partial charge in [-0.3, -0.25) is 4.79 Å². The molecule has 2 N–H and O–H groups in total. The fourth-order valence-electron chi connectivity index (χ4n) is 2.18. The Morgan fingerprint density at radius 3 is 2.67 bits per heavy atom. The first-order valence-electron chi connectivity index (χ1n) is 5.36. The van der Waals surface area contributed by atoms with Gasteiger partial charge < -0.3 is 15.4 Å². The number of likely N-dealkylation sites (tertiary alicyclic amines) is 1. The van der Waals surface area contributed by atoms with Crippen LogP contribution in [-0.4, -0.2) is 43.2 Å². The Bertz CT molecular complexity index is 247. The second kappa shape index (κ2) is 4.10. The summed E-state index contributed by atoms with van der Waals surface area (Å²) in [5.74, 6) is -0.111. The average Bonchev–Trinajstić information content (AvgIpc) is 2.44. The van der Waals surface area contributed by atoms with Crippen molar-refractivity contribution in [3.05, 3.63) is 0 Å². The van der Waals surface area contributed by atoms with Gasteiger partial charge in [-0.2, -0.15) is 0 Å². The molecule has 1 aliphatic rings. The molecule has 0 bridgehead atoms. The average molecular weight is 214 g/mol. The van der Waals surface area contributed by atoms with E-state index in [4.69, 9.17) is 10.5 Å². The highest BCUT2D eigenvalue weighted by atomic mass is 16.5. The van der Waals surface area contributed by atoms with Crippen LogP contribution >= 0.6 is 0 Å². The van der Waals surface area contributed by atoms with Gasteiger partial charge in [-0.15, -0.1) is 0 Å². The topological polar surface area (TPSA) is 55.6 Å². The van der Waals surface area contributed by atoms with Crippen molar-refractivity contribution in [1.82, 2.24) is 4.90 Å². The minimum absolute atomic E-state index is 0.111. The van der Waals surface area contributed by atoms with Crippen molar-refractivity contribution in [2.24, 2.45) is 11.1 Å². The molecule has 0 amide bonds. The van der Waals surface area contributed by atoms with E-state index in [1.165, 1.54) is 7.11 Å². The first-order valence-corrected chi connectivity index (χ1v) is 5.36. The number of methoxy groups -OCH3 is 1. The summed E-state index contributed by atoms with van der Waals surface area (Å²) in [6, 6.07) is 0. The predicted octanol–water partition coefficient (Wildman–Crippen LogP) is 0.609. The molecule has 1 saturated heterocycles. The van der Waals surface area contributed by atoms with E-state index in [2.05, 4.69) is 4.90 Å². The van der Waals surface area contributed by atoms with Gasteiger partial charge in [-0.1, -0.05) is 0 Å². The Hall–Kier alpha value is -0.610. The molecule has 1 atom stereocenters. The van der Waals surface area contributed by atoms with Crippen molar-refractivity contribution in [1.29, 1.82) is 0 Å². The van der Waals surface area contributed by atoms with Gasteiger partial charge in [0.25, 0.3) is 0 Å². The molecule has 4 heteroatoms. The third-order valence-electron chi connectivity index (χ3n) is 2.86. The lowest BCUT2D eigenvalue weighted by molar-refractivity contribution is -0.151. The Labute approximate surface area is 91.8 Å². The minimum Gasteiger partial charge on any atom is -0.469 e. The molecule has 0 aliphatic carbocycles. The molecule has 0 spiro atoms. The summed E-state index contributed by atoms with van der Waals surface area (Å²) in [5, 5.41) is 0. The highest BCUT2D eigenvalue weighted by molar-refractivity contribution is 5.76. The number of hydrogen-bond acceptors (Lipinski definition) is 4. The van der Waals surface area contributed by atoms with E-state index in [1.807, 2.05) is 20.8 Å². The molecule has 0 aromatic heterocycles. The van der Waals surface area contributed by atoms with E-state index < -0.39 is 0 Å². The molecule has 0 radical (unpaired) electrons. The molecule has 4 nitrogen and oxygen atoms in total. The SMILES string of the molecule is COC(=O)C1(C)CCN(CC(C)(C)N)C1. The van der Waals surface area contributed by atoms with Gasteiger partial charge in [0.1, 0.15) is 0 Å². The van der Waals surface area contributed by atoms with Crippen LogP contribution in [-0.2, 0) is 9.53 Å². The third kappa shape index (κ3) is 3.18. The second-order valence-corrected chi connectivity index (χ2v) is 5.50. The maximum Gasteiger partial charge on any atom is 0.312 e. The van der Waals surface area contributed by atoms with E-state index >= 15 is 0 Å². The molecule has 1 unspecified atom stereocenters. The Kier molecular flexibility index (Phi) is 3.41. The van der Waals surface area contributed by atoms with Crippen molar-refractivity contribution in [3.8, 4) is 0 Å². The van der Waals surface area contributed by atoms with Crippen molar-refractivity contribution in [3.63, 3.8) is 0 Å². The Balaban J connectivity index is 2.55. The van der Waals surface area contributed by atoms with Crippen LogP contribution < -0.4 is 5.73 Å². The molecular weight excluding hydrogens is 192 g/mol. The highest BCUT2D eigenvalue weighted by Crippen LogP contribution is 2.31. The molecule has 1 rings (SSSR count). The molecular formula is C11H22N2O2. The fourth-order valence-corrected chi connectivity index (χ4v) is 2.18. The summed E-state index contributed by atoms with van der Waals surface area (Å²) >= 11 is 0. The molecule has 0 aromatic carbocycles. The number of nitrogens with two attached hydrogens (primary N) is 1. The first kappa shape index (κ1) is 12.5. The number of hydrogen-bond donors (Lipinski definition) is 1. The van der Waals surface area contributed by atoms with Crippen molar-refractivity contribution in [2.45, 2.75) is 32.7 Å². The lowest BCUT2D eigenvalue weighted by Gasteiger charge is -2.27. The smallest absolute Gasteiger partial charge is 0.312 e. The lowest BCUT2D eigenvalue weighted by atomic mass is 9.90. The standard InChI is InChI=1S/C11H22N2O2/c1-10(2,12)7-13-6-5-11(3,8-13)9(14)15-4/h5-8,12H2,1-4H3. The van der Waals surface area contributed by atoms with Crippen molar-refractivity contribution in [2.75, 3.05) is 26.7 Å². The molecule has 15 heavy (non-hydrogen) atoms. The minimum atomic E-state index is -0.347. The van der Waals surface area contributed by atoms with E-state index in [-0.39, 0.29) is 16.9 Å². The summed E-state index contributed by atoms with van der Waals surface area (Å²) < 4.78 is 4.82. The normalized spacial score (nSPS) is 28.1. The van der Waals surface area contributed by atoms with Gasteiger partial charge in [-0.25, -0.2) is 0 Å². The maximum atomic E-state index is 11.6. The van der Waals surface area contributed by atoms with Crippen LogP contribution in [0.2, 0.25) is 0 Å². The number of ether oxygens (including phenoxy) is 1. The summed E-state index contributed by atoms with van der Waals surface area (Å²) in [7, 11) is 1.45. The second-order valence-electron chi connectivity index (χ2n) is 5.50. The van der Waals surface area contributed by atoms with Crippen LogP contribution in [0, 0.1) is 5.41 Å². The summed E-state index contributed by atoms with van der Waals surface area (Å²) in [4.78, 5) is 13.8. The number of esters is 1. The van der Waals surface area contributed by atoms with Crippen LogP contribution in [0.1, 0.15) is 27.2 Å². The van der Waals surface area contributed by atoms with Crippen LogP contribution in [0.3, 0.4) is 0 Å². The number of carbonyl (C=O) groups excluding carboxylic acids is 1. The van der Waals surface area contributed by atoms with E-state index in [0.29, 0.717) is 0 Å².